The van der Waals surface area contributed by atoms with E-state index in [4.69, 9.17) is 14.4 Å². The molecule has 6 aromatic carbocycles. The van der Waals surface area contributed by atoms with E-state index in [1.807, 2.05) is 53.9 Å². The molecule has 3 aromatic heterocycles. The standard InChI is InChI=1S/C46H32N4OS/c47-45(49-46(48-28-27-29-13-2-1-3-14-29)50-37-22-7-4-15-30(37)31-16-5-8-23-38(31)50)36-21-12-25-40-43(36)42-33(18-11-24-39(42)51-40)35-20-10-19-34-32-17-6-9-26-41(32)52-44(34)35/h1-11,13-20,22-26,28,47H,12,21,27H2/b47-45?,48-28+,49-46+. The smallest absolute Gasteiger partial charge is 0.236 e. The van der Waals surface area contributed by atoms with E-state index in [1.165, 1.54) is 25.7 Å². The first-order valence-electron chi connectivity index (χ1n) is 17.6. The van der Waals surface area contributed by atoms with E-state index in [1.54, 1.807) is 0 Å². The van der Waals surface area contributed by atoms with Gasteiger partial charge >= 0.3 is 0 Å². The Morgan fingerprint density at radius 1 is 0.712 bits per heavy atom. The molecule has 0 spiro atoms. The van der Waals surface area contributed by atoms with Gasteiger partial charge in [-0.3, -0.25) is 9.98 Å². The number of hydrogen-bond donors (Lipinski definition) is 1. The average molecular weight is 689 g/mol. The fourth-order valence-electron chi connectivity index (χ4n) is 7.79. The number of nitrogens with zero attached hydrogens (tertiary/aromatic N) is 3. The summed E-state index contributed by atoms with van der Waals surface area (Å²) in [5, 5.41) is 16.4. The van der Waals surface area contributed by atoms with Crippen molar-refractivity contribution in [2.75, 3.05) is 0 Å². The number of hydrogen-bond acceptors (Lipinski definition) is 3. The predicted octanol–water partition coefficient (Wildman–Crippen LogP) is 10.5. The van der Waals surface area contributed by atoms with E-state index in [0.717, 1.165) is 66.5 Å². The first-order chi connectivity index (χ1) is 25.7. The van der Waals surface area contributed by atoms with Crippen LogP contribution >= 0.6 is 11.3 Å². The van der Waals surface area contributed by atoms with Crippen LogP contribution in [0.1, 0.15) is 18.4 Å². The summed E-state index contributed by atoms with van der Waals surface area (Å²) in [6, 6.07) is 48.5. The average Bonchev–Trinajstić information content (AvgIpc) is 3.88. The van der Waals surface area contributed by atoms with Crippen LogP contribution in [0.15, 0.2) is 154 Å². The highest BCUT2D eigenvalue weighted by atomic mass is 32.1. The molecule has 10 rings (SSSR count). The molecule has 3 heterocycles. The van der Waals surface area contributed by atoms with Gasteiger partial charge in [0.1, 0.15) is 11.0 Å². The molecule has 0 atom stereocenters. The number of benzene rings is 6. The highest BCUT2D eigenvalue weighted by molar-refractivity contribution is 7.26. The Morgan fingerprint density at radius 2 is 1.38 bits per heavy atom. The van der Waals surface area contributed by atoms with E-state index in [-0.39, 0.29) is 5.84 Å². The highest BCUT2D eigenvalue weighted by Crippen LogP contribution is 2.41. The van der Waals surface area contributed by atoms with Crippen molar-refractivity contribution >= 4 is 93.9 Å². The van der Waals surface area contributed by atoms with E-state index in [0.29, 0.717) is 18.8 Å². The topological polar surface area (TPSA) is 66.6 Å². The van der Waals surface area contributed by atoms with Crippen LogP contribution < -0.4 is 10.6 Å². The molecule has 0 radical (unpaired) electrons. The van der Waals surface area contributed by atoms with Crippen molar-refractivity contribution in [3.63, 3.8) is 0 Å². The molecule has 0 bridgehead atoms. The normalized spacial score (nSPS) is 13.5. The molecule has 1 N–H and O–H groups in total. The van der Waals surface area contributed by atoms with Crippen molar-refractivity contribution in [2.24, 2.45) is 9.98 Å². The summed E-state index contributed by atoms with van der Waals surface area (Å²) in [6.07, 6.45) is 6.17. The molecule has 0 amide bonds. The highest BCUT2D eigenvalue weighted by Gasteiger charge is 2.21. The van der Waals surface area contributed by atoms with Gasteiger partial charge < -0.3 is 4.42 Å². The number of furan rings is 1. The van der Waals surface area contributed by atoms with Gasteiger partial charge in [-0.25, -0.2) is 4.99 Å². The van der Waals surface area contributed by atoms with Gasteiger partial charge in [-0.2, -0.15) is 4.99 Å². The molecule has 0 aliphatic heterocycles. The zero-order valence-electron chi connectivity index (χ0n) is 28.2. The van der Waals surface area contributed by atoms with E-state index < -0.39 is 0 Å². The number of aromatic nitrogens is 1. The minimum absolute atomic E-state index is 0.195. The Bertz CT molecular complexity index is 3020. The van der Waals surface area contributed by atoms with Crippen LogP contribution in [0, 0.1) is 5.41 Å². The molecule has 52 heavy (non-hydrogen) atoms. The minimum Gasteiger partial charge on any atom is -0.456 e. The van der Waals surface area contributed by atoms with Crippen LogP contribution in [-0.2, 0) is 6.42 Å². The van der Waals surface area contributed by atoms with Gasteiger partial charge in [0.25, 0.3) is 0 Å². The Labute approximate surface area is 303 Å². The number of thiophene rings is 1. The maximum atomic E-state index is 9.69. The van der Waals surface area contributed by atoms with Crippen molar-refractivity contribution in [1.82, 2.24) is 4.57 Å². The van der Waals surface area contributed by atoms with E-state index in [9.17, 15) is 5.41 Å². The second kappa shape index (κ2) is 12.4. The lowest BCUT2D eigenvalue weighted by molar-refractivity contribution is 0.571. The summed E-state index contributed by atoms with van der Waals surface area (Å²) in [5.74, 6) is 0.658. The van der Waals surface area contributed by atoms with Crippen molar-refractivity contribution in [3.05, 3.63) is 156 Å². The second-order valence-electron chi connectivity index (χ2n) is 13.2. The summed E-state index contributed by atoms with van der Waals surface area (Å²) in [6.45, 7) is 0. The number of fused-ring (bicyclic) bond motifs is 9. The van der Waals surface area contributed by atoms with Crippen LogP contribution in [0.2, 0.25) is 0 Å². The Hall–Kier alpha value is -6.37. The fourth-order valence-corrected chi connectivity index (χ4v) is 9.02. The molecule has 0 saturated carbocycles. The van der Waals surface area contributed by atoms with Crippen molar-refractivity contribution < 1.29 is 4.42 Å². The Balaban J connectivity index is 1.20. The van der Waals surface area contributed by atoms with Gasteiger partial charge in [-0.1, -0.05) is 115 Å². The van der Waals surface area contributed by atoms with Crippen LogP contribution in [-0.4, -0.2) is 22.6 Å². The molecule has 0 unspecified atom stereocenters. The third-order valence-corrected chi connectivity index (χ3v) is 11.3. The minimum atomic E-state index is 0.195. The molecule has 1 aliphatic rings. The lowest BCUT2D eigenvalue weighted by atomic mass is 9.95. The quantitative estimate of drug-likeness (QED) is 0.145. The van der Waals surface area contributed by atoms with Gasteiger partial charge in [0.2, 0.25) is 5.96 Å². The number of amidine groups is 1. The number of para-hydroxylation sites is 2. The zero-order chi connectivity index (χ0) is 34.6. The molecule has 248 valence electrons. The van der Waals surface area contributed by atoms with Crippen LogP contribution in [0.4, 0.5) is 0 Å². The van der Waals surface area contributed by atoms with Gasteiger partial charge in [-0.15, -0.1) is 11.3 Å². The number of aliphatic imine (C=N–C) groups is 2. The van der Waals surface area contributed by atoms with Crippen LogP contribution in [0.3, 0.4) is 0 Å². The maximum Gasteiger partial charge on any atom is 0.236 e. The first kappa shape index (κ1) is 30.5. The predicted molar refractivity (Wildman–Crippen MR) is 220 cm³/mol. The van der Waals surface area contributed by atoms with Gasteiger partial charge in [0.15, 0.2) is 5.84 Å². The molecule has 0 fully saturated rings. The van der Waals surface area contributed by atoms with Crippen molar-refractivity contribution in [1.29, 1.82) is 5.41 Å². The molecule has 9 aromatic rings. The summed E-state index contributed by atoms with van der Waals surface area (Å²) in [4.78, 5) is 10.1. The van der Waals surface area contributed by atoms with Crippen molar-refractivity contribution in [3.8, 4) is 11.1 Å². The summed E-state index contributed by atoms with van der Waals surface area (Å²) < 4.78 is 11.2. The number of nitrogens with one attached hydrogen (secondary N) is 1. The molecule has 1 aliphatic carbocycles. The van der Waals surface area contributed by atoms with Gasteiger partial charge in [0, 0.05) is 65.3 Å². The third kappa shape index (κ3) is 4.94. The van der Waals surface area contributed by atoms with Gasteiger partial charge in [-0.05, 0) is 54.3 Å². The largest absolute Gasteiger partial charge is 0.456 e. The third-order valence-electron chi connectivity index (χ3n) is 10.1. The lowest BCUT2D eigenvalue weighted by Crippen LogP contribution is -2.29. The summed E-state index contributed by atoms with van der Waals surface area (Å²) in [5.41, 5.74) is 7.93. The SMILES string of the molecule is N=C(/N=C(\N=C\Cc1ccccc1)n1c2ccccc2c2ccccc21)C1=c2c(oc3cccc(-c4cccc5c4sc4ccccc45)c23)=CCC1. The van der Waals surface area contributed by atoms with Crippen molar-refractivity contribution in [2.45, 2.75) is 19.3 Å². The first-order valence-corrected chi connectivity index (χ1v) is 18.4. The summed E-state index contributed by atoms with van der Waals surface area (Å²) >= 11 is 1.83. The van der Waals surface area contributed by atoms with E-state index >= 15 is 0 Å². The Kier molecular flexibility index (Phi) is 7.29. The fraction of sp³-hybridized carbons (Fsp3) is 0.0652. The zero-order valence-corrected chi connectivity index (χ0v) is 29.0. The van der Waals surface area contributed by atoms with Gasteiger partial charge in [0.05, 0.1) is 11.0 Å². The summed E-state index contributed by atoms with van der Waals surface area (Å²) in [7, 11) is 0. The van der Waals surface area contributed by atoms with E-state index in [2.05, 4.69) is 114 Å². The molecular weight excluding hydrogens is 657 g/mol. The Morgan fingerprint density at radius 3 is 2.19 bits per heavy atom. The number of rotatable bonds is 4. The monoisotopic (exact) mass is 688 g/mol. The second-order valence-corrected chi connectivity index (χ2v) is 14.2. The van der Waals surface area contributed by atoms with Crippen LogP contribution in [0.25, 0.3) is 75.7 Å². The molecular formula is C46H32N4OS. The molecule has 0 saturated heterocycles. The molecule has 6 heteroatoms. The van der Waals surface area contributed by atoms with Crippen LogP contribution in [0.5, 0.6) is 0 Å². The lowest BCUT2D eigenvalue weighted by Gasteiger charge is -2.12. The molecule has 5 nitrogen and oxygen atoms in total. The maximum absolute atomic E-state index is 9.69.